The summed E-state index contributed by atoms with van der Waals surface area (Å²) in [4.78, 5) is 36.4. The van der Waals surface area contributed by atoms with E-state index < -0.39 is 11.2 Å². The van der Waals surface area contributed by atoms with Crippen molar-refractivity contribution in [2.75, 3.05) is 7.11 Å². The molecule has 0 amide bonds. The predicted molar refractivity (Wildman–Crippen MR) is 116 cm³/mol. The molecule has 0 unspecified atom stereocenters. The van der Waals surface area contributed by atoms with E-state index in [1.807, 2.05) is 24.3 Å². The molecule has 7 nitrogen and oxygen atoms in total. The second kappa shape index (κ2) is 8.33. The van der Waals surface area contributed by atoms with Crippen molar-refractivity contribution in [2.24, 2.45) is 0 Å². The number of carbonyl (C=O) groups is 2. The van der Waals surface area contributed by atoms with Crippen molar-refractivity contribution in [1.82, 2.24) is 15.0 Å². The second-order valence-electron chi connectivity index (χ2n) is 6.48. The van der Waals surface area contributed by atoms with E-state index in [-0.39, 0.29) is 12.2 Å². The molecule has 0 aliphatic rings. The Labute approximate surface area is 180 Å². The Hall–Kier alpha value is -3.10. The molecule has 0 aliphatic heterocycles. The number of nitrogens with zero attached hydrogens (tertiary/aromatic N) is 2. The van der Waals surface area contributed by atoms with Gasteiger partial charge in [0, 0.05) is 21.4 Å². The Morgan fingerprint density at radius 3 is 2.50 bits per heavy atom. The number of H-pyrrole nitrogens is 1. The highest BCUT2D eigenvalue weighted by Crippen LogP contribution is 2.33. The largest absolute Gasteiger partial charge is 0.481 e. The fourth-order valence-corrected chi connectivity index (χ4v) is 4.31. The van der Waals surface area contributed by atoms with E-state index in [2.05, 4.69) is 15.0 Å². The van der Waals surface area contributed by atoms with Crippen LogP contribution in [-0.2, 0) is 4.79 Å². The minimum atomic E-state index is -1.07. The number of carboxylic acids is 1. The van der Waals surface area contributed by atoms with Gasteiger partial charge in [0.15, 0.2) is 16.6 Å². The summed E-state index contributed by atoms with van der Waals surface area (Å²) in [6.45, 7) is 0. The molecule has 30 heavy (non-hydrogen) atoms. The summed E-state index contributed by atoms with van der Waals surface area (Å²) in [6.07, 6.45) is -0.347. The first kappa shape index (κ1) is 20.2. The lowest BCUT2D eigenvalue weighted by Crippen LogP contribution is -2.21. The van der Waals surface area contributed by atoms with Gasteiger partial charge in [0.05, 0.1) is 24.3 Å². The summed E-state index contributed by atoms with van der Waals surface area (Å²) in [5, 5.41) is 11.0. The fourth-order valence-electron chi connectivity index (χ4n) is 3.15. The Morgan fingerprint density at radius 2 is 1.83 bits per heavy atom. The van der Waals surface area contributed by atoms with Gasteiger partial charge in [0.25, 0.3) is 0 Å². The Morgan fingerprint density at radius 1 is 1.13 bits per heavy atom. The van der Waals surface area contributed by atoms with Gasteiger partial charge in [-0.1, -0.05) is 41.6 Å². The highest BCUT2D eigenvalue weighted by molar-refractivity contribution is 8.00. The van der Waals surface area contributed by atoms with Crippen molar-refractivity contribution >= 4 is 57.1 Å². The van der Waals surface area contributed by atoms with Crippen LogP contribution >= 0.6 is 23.4 Å². The topological polar surface area (TPSA) is 105 Å². The van der Waals surface area contributed by atoms with Crippen LogP contribution in [0.15, 0.2) is 53.7 Å². The van der Waals surface area contributed by atoms with Crippen molar-refractivity contribution < 1.29 is 19.4 Å². The molecule has 0 spiro atoms. The van der Waals surface area contributed by atoms with Crippen LogP contribution in [0.25, 0.3) is 21.9 Å². The van der Waals surface area contributed by atoms with E-state index in [0.717, 1.165) is 22.5 Å². The first-order valence-electron chi connectivity index (χ1n) is 8.97. The second-order valence-corrected chi connectivity index (χ2v) is 8.11. The first-order valence-corrected chi connectivity index (χ1v) is 10.2. The van der Waals surface area contributed by atoms with Crippen molar-refractivity contribution in [3.63, 3.8) is 0 Å². The molecule has 0 aliphatic carbocycles. The van der Waals surface area contributed by atoms with Crippen LogP contribution < -0.4 is 4.74 Å². The molecule has 4 aromatic rings. The van der Waals surface area contributed by atoms with Crippen molar-refractivity contribution in [3.05, 3.63) is 59.1 Å². The number of imidazole rings is 1. The van der Waals surface area contributed by atoms with Crippen LogP contribution in [0.1, 0.15) is 16.8 Å². The molecule has 152 valence electrons. The normalized spacial score (nSPS) is 12.2. The maximum atomic E-state index is 12.9. The average molecular weight is 442 g/mol. The van der Waals surface area contributed by atoms with Gasteiger partial charge in [-0.15, -0.1) is 0 Å². The van der Waals surface area contributed by atoms with Gasteiger partial charge in [-0.3, -0.25) is 9.59 Å². The number of aliphatic carboxylic acids is 1. The van der Waals surface area contributed by atoms with Crippen molar-refractivity contribution in [1.29, 1.82) is 0 Å². The van der Waals surface area contributed by atoms with Gasteiger partial charge in [0.2, 0.25) is 5.88 Å². The number of thioether (sulfide) groups is 1. The van der Waals surface area contributed by atoms with Gasteiger partial charge < -0.3 is 14.8 Å². The summed E-state index contributed by atoms with van der Waals surface area (Å²) in [5.41, 5.74) is 1.52. The Bertz CT molecular complexity index is 1260. The number of carbonyl (C=O) groups excluding carboxylic acids is 1. The van der Waals surface area contributed by atoms with E-state index in [1.165, 1.54) is 7.11 Å². The number of ketones is 1. The number of methoxy groups -OCH3 is 1. The predicted octanol–water partition coefficient (Wildman–Crippen LogP) is 4.59. The number of hydrogen-bond donors (Lipinski definition) is 2. The molecule has 2 N–H and O–H groups in total. The van der Waals surface area contributed by atoms with Crippen LogP contribution in [0.4, 0.5) is 0 Å². The number of aromatic amines is 1. The molecule has 2 aromatic carbocycles. The molecule has 0 fully saturated rings. The number of nitrogens with one attached hydrogen (secondary N) is 1. The number of carboxylic acid groups (broad SMARTS) is 1. The lowest BCUT2D eigenvalue weighted by atomic mass is 10.1. The third kappa shape index (κ3) is 3.96. The quantitative estimate of drug-likeness (QED) is 0.319. The van der Waals surface area contributed by atoms with E-state index in [1.54, 1.807) is 24.3 Å². The van der Waals surface area contributed by atoms with Gasteiger partial charge in [-0.25, -0.2) is 4.98 Å². The van der Waals surface area contributed by atoms with Gasteiger partial charge >= 0.3 is 5.97 Å². The SMILES string of the molecule is COc1nc2nc(S[C@H](CC(=O)O)C(=O)c3ccc(Cl)cc3)[nH]c2c2ccccc12. The molecule has 0 bridgehead atoms. The van der Waals surface area contributed by atoms with E-state index in [4.69, 9.17) is 16.3 Å². The zero-order valence-corrected chi connectivity index (χ0v) is 17.3. The molecule has 9 heteroatoms. The summed E-state index contributed by atoms with van der Waals surface area (Å²) in [7, 11) is 1.54. The zero-order valence-electron chi connectivity index (χ0n) is 15.8. The summed E-state index contributed by atoms with van der Waals surface area (Å²) in [6, 6.07) is 14.0. The number of Topliss-reactive ketones (excluding diaryl/α,β-unsaturated/α-hetero) is 1. The van der Waals surface area contributed by atoms with Crippen molar-refractivity contribution in [2.45, 2.75) is 16.8 Å². The molecule has 4 rings (SSSR count). The molecular weight excluding hydrogens is 426 g/mol. The number of benzene rings is 2. The minimum Gasteiger partial charge on any atom is -0.481 e. The van der Waals surface area contributed by atoms with Crippen LogP contribution in [0, 0.1) is 0 Å². The lowest BCUT2D eigenvalue weighted by molar-refractivity contribution is -0.136. The third-order valence-corrected chi connectivity index (χ3v) is 5.86. The highest BCUT2D eigenvalue weighted by atomic mass is 35.5. The van der Waals surface area contributed by atoms with E-state index in [9.17, 15) is 14.7 Å². The molecule has 1 atom stereocenters. The highest BCUT2D eigenvalue weighted by Gasteiger charge is 2.26. The summed E-state index contributed by atoms with van der Waals surface area (Å²) in [5.74, 6) is -0.938. The average Bonchev–Trinajstić information content (AvgIpc) is 3.15. The molecule has 2 heterocycles. The van der Waals surface area contributed by atoms with Gasteiger partial charge in [0.1, 0.15) is 0 Å². The van der Waals surface area contributed by atoms with Crippen LogP contribution in [0.3, 0.4) is 0 Å². The number of pyridine rings is 1. The van der Waals surface area contributed by atoms with Crippen molar-refractivity contribution in [3.8, 4) is 5.88 Å². The number of aromatic nitrogens is 3. The molecule has 0 radical (unpaired) electrons. The van der Waals surface area contributed by atoms with Crippen LogP contribution in [0.2, 0.25) is 5.02 Å². The summed E-state index contributed by atoms with van der Waals surface area (Å²) < 4.78 is 5.37. The monoisotopic (exact) mass is 441 g/mol. The summed E-state index contributed by atoms with van der Waals surface area (Å²) >= 11 is 6.95. The fraction of sp³-hybridized carbons (Fsp3) is 0.143. The number of rotatable bonds is 7. The van der Waals surface area contributed by atoms with E-state index >= 15 is 0 Å². The smallest absolute Gasteiger partial charge is 0.304 e. The maximum absolute atomic E-state index is 12.9. The van der Waals surface area contributed by atoms with Gasteiger partial charge in [-0.05, 0) is 30.3 Å². The minimum absolute atomic E-state index is 0.310. The Kier molecular flexibility index (Phi) is 5.61. The number of fused-ring (bicyclic) bond motifs is 3. The third-order valence-electron chi connectivity index (χ3n) is 4.53. The van der Waals surface area contributed by atoms with Crippen LogP contribution in [0.5, 0.6) is 5.88 Å². The van der Waals surface area contributed by atoms with Crippen LogP contribution in [-0.4, -0.2) is 44.2 Å². The number of halogens is 1. The lowest BCUT2D eigenvalue weighted by Gasteiger charge is -2.12. The first-order chi connectivity index (χ1) is 14.5. The number of ether oxygens (including phenoxy) is 1. The van der Waals surface area contributed by atoms with Gasteiger partial charge in [-0.2, -0.15) is 4.98 Å². The molecular formula is C21H16ClN3O4S. The Balaban J connectivity index is 1.72. The molecule has 0 saturated carbocycles. The zero-order chi connectivity index (χ0) is 21.3. The standard InChI is InChI=1S/C21H16ClN3O4S/c1-29-20-14-5-3-2-4-13(14)17-19(24-20)25-21(23-17)30-15(10-16(26)27)18(28)11-6-8-12(22)9-7-11/h2-9,15H,10H2,1H3,(H,26,27)(H,23,24,25)/t15-/m1/s1. The maximum Gasteiger partial charge on any atom is 0.304 e. The molecule has 2 aromatic heterocycles. The van der Waals surface area contributed by atoms with E-state index in [0.29, 0.717) is 32.8 Å². The number of hydrogen-bond acceptors (Lipinski definition) is 6. The molecule has 0 saturated heterocycles.